The van der Waals surface area contributed by atoms with Gasteiger partial charge < -0.3 is 4.74 Å². The van der Waals surface area contributed by atoms with Crippen LogP contribution in [-0.2, 0) is 32.6 Å². The number of benzene rings is 1. The maximum atomic E-state index is 11.5. The number of rotatable bonds is 6. The van der Waals surface area contributed by atoms with Crippen molar-refractivity contribution in [2.75, 3.05) is 18.1 Å². The molecule has 3 N–H and O–H groups in total. The smallest absolute Gasteiger partial charge is 0.339 e. The van der Waals surface area contributed by atoms with Crippen molar-refractivity contribution in [1.29, 1.82) is 0 Å². The molecule has 1 atom stereocenters. The highest BCUT2D eigenvalue weighted by atomic mass is 32.2. The maximum absolute atomic E-state index is 11.5. The summed E-state index contributed by atoms with van der Waals surface area (Å²) in [6.07, 6.45) is 1.01. The Balaban J connectivity index is 3.07. The van der Waals surface area contributed by atoms with Gasteiger partial charge in [-0.05, 0) is 17.7 Å². The van der Waals surface area contributed by atoms with E-state index in [4.69, 9.17) is 4.55 Å². The molecule has 0 saturated carbocycles. The molecule has 1 aromatic rings. The van der Waals surface area contributed by atoms with Crippen LogP contribution in [0.1, 0.15) is 15.9 Å². The molecule has 0 spiro atoms. The first-order chi connectivity index (χ1) is 9.23. The van der Waals surface area contributed by atoms with Crippen molar-refractivity contribution in [2.24, 2.45) is 0 Å². The van der Waals surface area contributed by atoms with Crippen LogP contribution in [0.2, 0.25) is 0 Å². The minimum atomic E-state index is -3.36. The van der Waals surface area contributed by atoms with Crippen LogP contribution in [0.25, 0.3) is 0 Å². The molecule has 0 amide bonds. The van der Waals surface area contributed by atoms with Crippen LogP contribution in [0.15, 0.2) is 18.2 Å². The molecular weight excluding hydrogens is 308 g/mol. The van der Waals surface area contributed by atoms with E-state index < -0.39 is 27.3 Å². The summed E-state index contributed by atoms with van der Waals surface area (Å²) in [5.74, 6) is -0.680. The van der Waals surface area contributed by atoms with Crippen molar-refractivity contribution >= 4 is 32.9 Å². The molecule has 0 heterocycles. The summed E-state index contributed by atoms with van der Waals surface area (Å²) in [7, 11) is -2.18. The minimum absolute atomic E-state index is 0.00692. The number of carbonyl (C=O) groups is 1. The van der Waals surface area contributed by atoms with E-state index in [1.165, 1.54) is 25.3 Å². The quantitative estimate of drug-likeness (QED) is 0.503. The van der Waals surface area contributed by atoms with Gasteiger partial charge in [-0.2, -0.15) is 0 Å². The molecule has 1 aromatic carbocycles. The predicted molar refractivity (Wildman–Crippen MR) is 73.9 cm³/mol. The molecule has 0 aliphatic carbocycles. The fourth-order valence-corrected chi connectivity index (χ4v) is 2.17. The van der Waals surface area contributed by atoms with Crippen molar-refractivity contribution in [3.05, 3.63) is 29.3 Å². The lowest BCUT2D eigenvalue weighted by molar-refractivity contribution is 0.0602. The maximum Gasteiger partial charge on any atom is 0.339 e. The van der Waals surface area contributed by atoms with Crippen LogP contribution in [0.3, 0.4) is 0 Å². The lowest BCUT2D eigenvalue weighted by atomic mass is 10.1. The Bertz CT molecular complexity index is 629. The second-order valence-electron chi connectivity index (χ2n) is 3.82. The zero-order chi connectivity index (χ0) is 15.3. The van der Waals surface area contributed by atoms with Gasteiger partial charge in [-0.15, -0.1) is 0 Å². The predicted octanol–water partition coefficient (Wildman–Crippen LogP) is 0.0710. The highest BCUT2D eigenvalue weighted by molar-refractivity contribution is 7.88. The van der Waals surface area contributed by atoms with Gasteiger partial charge >= 0.3 is 5.97 Å². The third-order valence-corrected chi connectivity index (χ3v) is 3.29. The second-order valence-corrected chi connectivity index (χ2v) is 6.35. The summed E-state index contributed by atoms with van der Waals surface area (Å²) >= 11 is -2.37. The zero-order valence-electron chi connectivity index (χ0n) is 10.7. The molecule has 0 saturated heterocycles. The molecule has 8 nitrogen and oxygen atoms in total. The Kier molecular flexibility index (Phi) is 5.62. The van der Waals surface area contributed by atoms with E-state index >= 15 is 0 Å². The number of sulfonamides is 1. The summed E-state index contributed by atoms with van der Waals surface area (Å²) in [6, 6.07) is 4.27. The van der Waals surface area contributed by atoms with Crippen LogP contribution < -0.4 is 9.44 Å². The largest absolute Gasteiger partial charge is 0.465 e. The fraction of sp³-hybridized carbons (Fsp3) is 0.300. The average Bonchev–Trinajstić information content (AvgIpc) is 2.34. The summed E-state index contributed by atoms with van der Waals surface area (Å²) in [5, 5.41) is 0. The second kappa shape index (κ2) is 6.79. The number of carbonyl (C=O) groups excluding carboxylic acids is 1. The lowest BCUT2D eigenvalue weighted by Gasteiger charge is -2.10. The van der Waals surface area contributed by atoms with Gasteiger partial charge in [-0.3, -0.25) is 9.27 Å². The highest BCUT2D eigenvalue weighted by Gasteiger charge is 2.14. The van der Waals surface area contributed by atoms with Gasteiger partial charge in [0.05, 0.1) is 24.6 Å². The Morgan fingerprint density at radius 1 is 1.45 bits per heavy atom. The van der Waals surface area contributed by atoms with Crippen LogP contribution >= 0.6 is 0 Å². The first kappa shape index (κ1) is 16.6. The third-order valence-electron chi connectivity index (χ3n) is 2.23. The molecule has 0 bridgehead atoms. The van der Waals surface area contributed by atoms with Gasteiger partial charge in [0, 0.05) is 6.54 Å². The molecule has 1 unspecified atom stereocenters. The lowest BCUT2D eigenvalue weighted by Crippen LogP contribution is -2.21. The number of ether oxygens (including phenoxy) is 1. The van der Waals surface area contributed by atoms with Crippen molar-refractivity contribution in [1.82, 2.24) is 4.72 Å². The molecule has 10 heteroatoms. The molecule has 0 radical (unpaired) electrons. The number of esters is 1. The van der Waals surface area contributed by atoms with E-state index in [0.29, 0.717) is 5.56 Å². The monoisotopic (exact) mass is 322 g/mol. The number of methoxy groups -OCH3 is 1. The van der Waals surface area contributed by atoms with Gasteiger partial charge in [0.1, 0.15) is 0 Å². The van der Waals surface area contributed by atoms with Crippen LogP contribution in [0.4, 0.5) is 5.69 Å². The highest BCUT2D eigenvalue weighted by Crippen LogP contribution is 2.19. The van der Waals surface area contributed by atoms with E-state index in [0.717, 1.165) is 6.26 Å². The Hall–Kier alpha value is -1.49. The molecule has 20 heavy (non-hydrogen) atoms. The van der Waals surface area contributed by atoms with E-state index in [9.17, 15) is 17.4 Å². The first-order valence-corrected chi connectivity index (χ1v) is 8.26. The molecule has 0 aromatic heterocycles. The van der Waals surface area contributed by atoms with Gasteiger partial charge in [0.25, 0.3) is 11.3 Å². The van der Waals surface area contributed by atoms with Crippen molar-refractivity contribution in [3.63, 3.8) is 0 Å². The van der Waals surface area contributed by atoms with Gasteiger partial charge in [-0.1, -0.05) is 6.07 Å². The Morgan fingerprint density at radius 3 is 2.60 bits per heavy atom. The third kappa shape index (κ3) is 5.25. The first-order valence-electron chi connectivity index (χ1n) is 5.26. The number of hydrogen-bond donors (Lipinski definition) is 3. The zero-order valence-corrected chi connectivity index (χ0v) is 12.4. The Morgan fingerprint density at radius 2 is 2.10 bits per heavy atom. The van der Waals surface area contributed by atoms with E-state index in [-0.39, 0.29) is 17.8 Å². The van der Waals surface area contributed by atoms with Crippen LogP contribution in [-0.4, -0.2) is 36.5 Å². The molecule has 1 rings (SSSR count). The summed E-state index contributed by atoms with van der Waals surface area (Å²) in [4.78, 5) is 11.5. The van der Waals surface area contributed by atoms with E-state index in [1.54, 1.807) is 0 Å². The van der Waals surface area contributed by atoms with Crippen LogP contribution in [0, 0.1) is 0 Å². The summed E-state index contributed by atoms with van der Waals surface area (Å²) in [6.45, 7) is -0.00692. The fourth-order valence-electron chi connectivity index (χ4n) is 1.38. The average molecular weight is 322 g/mol. The number of hydrogen-bond acceptors (Lipinski definition) is 5. The molecule has 0 aliphatic rings. The topological polar surface area (TPSA) is 122 Å². The van der Waals surface area contributed by atoms with Gasteiger partial charge in [0.15, 0.2) is 0 Å². The number of anilines is 1. The molecular formula is C10H14N2O6S2. The summed E-state index contributed by atoms with van der Waals surface area (Å²) < 4.78 is 50.6. The standard InChI is InChI=1S/C10H14N2O6S2/c1-18-10(13)8-4-3-7(6-11-20(2,16)17)5-9(8)12-19(14)15/h3-5,11-12H,6H2,1-2H3,(H,14,15). The SMILES string of the molecule is COC(=O)c1ccc(CNS(C)(=O)=O)cc1NS(=O)O. The molecule has 0 fully saturated rings. The van der Waals surface area contributed by atoms with Crippen molar-refractivity contribution in [3.8, 4) is 0 Å². The number of nitrogens with one attached hydrogen (secondary N) is 2. The normalized spacial score (nSPS) is 12.8. The minimum Gasteiger partial charge on any atom is -0.465 e. The van der Waals surface area contributed by atoms with Crippen molar-refractivity contribution < 1.29 is 26.7 Å². The van der Waals surface area contributed by atoms with Gasteiger partial charge in [0.2, 0.25) is 10.0 Å². The van der Waals surface area contributed by atoms with E-state index in [1.807, 2.05) is 0 Å². The molecule has 112 valence electrons. The molecule has 0 aliphatic heterocycles. The Labute approximate surface area is 119 Å². The van der Waals surface area contributed by atoms with Crippen molar-refractivity contribution in [2.45, 2.75) is 6.54 Å². The van der Waals surface area contributed by atoms with Gasteiger partial charge in [-0.25, -0.2) is 22.1 Å². The van der Waals surface area contributed by atoms with Crippen LogP contribution in [0.5, 0.6) is 0 Å². The summed E-state index contributed by atoms with van der Waals surface area (Å²) in [5.41, 5.74) is 0.652. The van der Waals surface area contributed by atoms with E-state index in [2.05, 4.69) is 14.2 Å².